The molecule has 1 aliphatic heterocycles. The van der Waals surface area contributed by atoms with Crippen molar-refractivity contribution in [2.24, 2.45) is 4.99 Å². The Kier molecular flexibility index (Phi) is 4.00. The van der Waals surface area contributed by atoms with Crippen molar-refractivity contribution in [3.8, 4) is 0 Å². The van der Waals surface area contributed by atoms with Crippen LogP contribution in [-0.4, -0.2) is 30.1 Å². The van der Waals surface area contributed by atoms with Crippen molar-refractivity contribution in [1.29, 1.82) is 0 Å². The van der Waals surface area contributed by atoms with E-state index in [-0.39, 0.29) is 5.91 Å². The second-order valence-electron chi connectivity index (χ2n) is 3.65. The molecule has 0 saturated carbocycles. The number of likely N-dealkylation sites (N-methyl/N-ethyl adjacent to an activating group) is 1. The average molecular weight is 301 g/mol. The summed E-state index contributed by atoms with van der Waals surface area (Å²) in [5.74, 6) is -0.0633. The molecular formula is C12H10Cl2N2OS. The van der Waals surface area contributed by atoms with Crippen LogP contribution in [0, 0.1) is 0 Å². The van der Waals surface area contributed by atoms with Gasteiger partial charge in [-0.15, -0.1) is 0 Å². The Balaban J connectivity index is 2.34. The summed E-state index contributed by atoms with van der Waals surface area (Å²) in [7, 11) is 3.36. The maximum absolute atomic E-state index is 11.9. The van der Waals surface area contributed by atoms with Gasteiger partial charge in [-0.3, -0.25) is 14.7 Å². The van der Waals surface area contributed by atoms with Crippen LogP contribution in [-0.2, 0) is 4.79 Å². The lowest BCUT2D eigenvalue weighted by Crippen LogP contribution is -2.23. The Hall–Kier alpha value is -0.970. The fraction of sp³-hybridized carbons (Fsp3) is 0.167. The van der Waals surface area contributed by atoms with Crippen LogP contribution in [0.4, 0.5) is 0 Å². The summed E-state index contributed by atoms with van der Waals surface area (Å²) >= 11 is 13.1. The van der Waals surface area contributed by atoms with E-state index in [9.17, 15) is 4.79 Å². The summed E-state index contributed by atoms with van der Waals surface area (Å²) in [4.78, 5) is 18.1. The van der Waals surface area contributed by atoms with Gasteiger partial charge in [0.15, 0.2) is 5.17 Å². The smallest absolute Gasteiger partial charge is 0.266 e. The Morgan fingerprint density at radius 3 is 2.61 bits per heavy atom. The lowest BCUT2D eigenvalue weighted by atomic mass is 10.2. The zero-order chi connectivity index (χ0) is 13.3. The Morgan fingerprint density at radius 2 is 2.06 bits per heavy atom. The van der Waals surface area contributed by atoms with Crippen molar-refractivity contribution in [3.63, 3.8) is 0 Å². The highest BCUT2D eigenvalue weighted by molar-refractivity contribution is 8.18. The van der Waals surface area contributed by atoms with E-state index >= 15 is 0 Å². The molecule has 0 spiro atoms. The molecular weight excluding hydrogens is 291 g/mol. The van der Waals surface area contributed by atoms with Gasteiger partial charge in [-0.25, -0.2) is 0 Å². The van der Waals surface area contributed by atoms with Crippen LogP contribution >= 0.6 is 35.0 Å². The van der Waals surface area contributed by atoms with E-state index in [0.29, 0.717) is 20.1 Å². The number of amides is 1. The van der Waals surface area contributed by atoms with Crippen LogP contribution in [0.3, 0.4) is 0 Å². The van der Waals surface area contributed by atoms with Crippen molar-refractivity contribution < 1.29 is 4.79 Å². The van der Waals surface area contributed by atoms with Crippen molar-refractivity contribution in [2.45, 2.75) is 0 Å². The van der Waals surface area contributed by atoms with Gasteiger partial charge < -0.3 is 0 Å². The van der Waals surface area contributed by atoms with Crippen LogP contribution in [0.1, 0.15) is 5.56 Å². The number of hydrogen-bond acceptors (Lipinski definition) is 3. The molecule has 1 aromatic carbocycles. The van der Waals surface area contributed by atoms with E-state index in [1.807, 2.05) is 6.07 Å². The van der Waals surface area contributed by atoms with Gasteiger partial charge in [0, 0.05) is 14.1 Å². The van der Waals surface area contributed by atoms with Crippen LogP contribution in [0.2, 0.25) is 10.0 Å². The molecule has 1 aliphatic rings. The van der Waals surface area contributed by atoms with Gasteiger partial charge >= 0.3 is 0 Å². The summed E-state index contributed by atoms with van der Waals surface area (Å²) in [6.45, 7) is 0. The Morgan fingerprint density at radius 1 is 1.33 bits per heavy atom. The maximum Gasteiger partial charge on any atom is 0.266 e. The third kappa shape index (κ3) is 2.55. The van der Waals surface area contributed by atoms with E-state index in [0.717, 1.165) is 5.56 Å². The molecule has 1 heterocycles. The molecule has 1 amide bonds. The fourth-order valence-corrected chi connectivity index (χ4v) is 2.74. The number of halogens is 2. The van der Waals surface area contributed by atoms with Gasteiger partial charge in [-0.1, -0.05) is 29.3 Å². The topological polar surface area (TPSA) is 32.7 Å². The molecule has 0 aliphatic carbocycles. The first-order valence-electron chi connectivity index (χ1n) is 5.12. The lowest BCUT2D eigenvalue weighted by Gasteiger charge is -2.05. The third-order valence-corrected chi connectivity index (χ3v) is 4.33. The molecule has 0 atom stereocenters. The predicted molar refractivity (Wildman–Crippen MR) is 78.2 cm³/mol. The van der Waals surface area contributed by atoms with E-state index in [1.165, 1.54) is 16.7 Å². The number of aliphatic imine (C=N–C) groups is 1. The van der Waals surface area contributed by atoms with E-state index in [1.54, 1.807) is 32.3 Å². The van der Waals surface area contributed by atoms with Gasteiger partial charge in [0.25, 0.3) is 5.91 Å². The molecule has 1 aromatic rings. The molecule has 1 fully saturated rings. The summed E-state index contributed by atoms with van der Waals surface area (Å²) < 4.78 is 0. The summed E-state index contributed by atoms with van der Waals surface area (Å²) in [5, 5.41) is 1.66. The van der Waals surface area contributed by atoms with Crippen molar-refractivity contribution >= 4 is 52.1 Å². The summed E-state index contributed by atoms with van der Waals surface area (Å²) in [6, 6.07) is 5.25. The molecule has 0 N–H and O–H groups in total. The molecule has 94 valence electrons. The second-order valence-corrected chi connectivity index (χ2v) is 5.48. The van der Waals surface area contributed by atoms with Gasteiger partial charge in [0.05, 0.1) is 15.0 Å². The standard InChI is InChI=1S/C12H10Cl2N2OS/c1-15-12-16(2)11(17)10(18-12)6-7-3-4-8(13)9(14)5-7/h3-6H,1-2H3/b10-6+,15-12?. The normalized spacial score (nSPS) is 20.2. The van der Waals surface area contributed by atoms with Crippen molar-refractivity contribution in [1.82, 2.24) is 4.90 Å². The van der Waals surface area contributed by atoms with E-state index in [4.69, 9.17) is 23.2 Å². The van der Waals surface area contributed by atoms with Crippen LogP contribution in [0.5, 0.6) is 0 Å². The molecule has 0 unspecified atom stereocenters. The molecule has 0 bridgehead atoms. The molecule has 3 nitrogen and oxygen atoms in total. The highest BCUT2D eigenvalue weighted by Gasteiger charge is 2.29. The highest BCUT2D eigenvalue weighted by Crippen LogP contribution is 2.32. The maximum atomic E-state index is 11.9. The largest absolute Gasteiger partial charge is 0.290 e. The van der Waals surface area contributed by atoms with Crippen molar-refractivity contribution in [2.75, 3.05) is 14.1 Å². The Labute approximate surface area is 119 Å². The SMILES string of the molecule is CN=C1S/C(=C/c2ccc(Cl)c(Cl)c2)C(=O)N1C. The molecule has 6 heteroatoms. The molecule has 0 radical (unpaired) electrons. The number of hydrogen-bond donors (Lipinski definition) is 0. The number of carbonyl (C=O) groups excluding carboxylic acids is 1. The molecule has 2 rings (SSSR count). The summed E-state index contributed by atoms with van der Waals surface area (Å²) in [5.41, 5.74) is 0.839. The quantitative estimate of drug-likeness (QED) is 0.743. The number of amidine groups is 1. The van der Waals surface area contributed by atoms with Crippen LogP contribution < -0.4 is 0 Å². The number of benzene rings is 1. The Bertz CT molecular complexity index is 569. The van der Waals surface area contributed by atoms with Gasteiger partial charge in [-0.2, -0.15) is 0 Å². The van der Waals surface area contributed by atoms with E-state index < -0.39 is 0 Å². The summed E-state index contributed by atoms with van der Waals surface area (Å²) in [6.07, 6.45) is 1.78. The first-order chi connectivity index (χ1) is 8.52. The minimum Gasteiger partial charge on any atom is -0.290 e. The predicted octanol–water partition coefficient (Wildman–Crippen LogP) is 3.53. The zero-order valence-corrected chi connectivity index (χ0v) is 12.1. The van der Waals surface area contributed by atoms with Gasteiger partial charge in [0.1, 0.15) is 0 Å². The minimum atomic E-state index is -0.0633. The van der Waals surface area contributed by atoms with Crippen LogP contribution in [0.15, 0.2) is 28.1 Å². The first kappa shape index (κ1) is 13.5. The lowest BCUT2D eigenvalue weighted by molar-refractivity contribution is -0.121. The van der Waals surface area contributed by atoms with E-state index in [2.05, 4.69) is 4.99 Å². The third-order valence-electron chi connectivity index (χ3n) is 2.44. The number of thioether (sulfide) groups is 1. The average Bonchev–Trinajstić information content (AvgIpc) is 2.62. The monoisotopic (exact) mass is 300 g/mol. The number of carbonyl (C=O) groups is 1. The molecule has 0 aromatic heterocycles. The number of nitrogens with zero attached hydrogens (tertiary/aromatic N) is 2. The second kappa shape index (κ2) is 5.34. The number of rotatable bonds is 1. The highest BCUT2D eigenvalue weighted by atomic mass is 35.5. The zero-order valence-electron chi connectivity index (χ0n) is 9.78. The molecule has 1 saturated heterocycles. The van der Waals surface area contributed by atoms with Gasteiger partial charge in [0.2, 0.25) is 0 Å². The first-order valence-corrected chi connectivity index (χ1v) is 6.69. The van der Waals surface area contributed by atoms with Gasteiger partial charge in [-0.05, 0) is 35.5 Å². The van der Waals surface area contributed by atoms with Crippen molar-refractivity contribution in [3.05, 3.63) is 38.7 Å². The fourth-order valence-electron chi connectivity index (χ4n) is 1.50. The van der Waals surface area contributed by atoms with Crippen LogP contribution in [0.25, 0.3) is 6.08 Å². The molecule has 18 heavy (non-hydrogen) atoms. The minimum absolute atomic E-state index is 0.0633.